The number of likely N-dealkylation sites (N-methyl/N-ethyl adjacent to an activating group) is 1. The van der Waals surface area contributed by atoms with Gasteiger partial charge in [0.15, 0.2) is 17.5 Å². The van der Waals surface area contributed by atoms with Gasteiger partial charge in [-0.2, -0.15) is 4.98 Å². The molecule has 22 heavy (non-hydrogen) atoms. The van der Waals surface area contributed by atoms with Gasteiger partial charge in [0, 0.05) is 31.7 Å². The Bertz CT molecular complexity index is 661. The maximum Gasteiger partial charge on any atom is 0.245 e. The van der Waals surface area contributed by atoms with E-state index in [1.54, 1.807) is 13.0 Å². The maximum absolute atomic E-state index is 13.8. The van der Waals surface area contributed by atoms with Crippen LogP contribution in [0.1, 0.15) is 23.3 Å². The van der Waals surface area contributed by atoms with E-state index in [0.29, 0.717) is 30.4 Å². The van der Waals surface area contributed by atoms with E-state index in [2.05, 4.69) is 19.9 Å². The number of aryl methyl sites for hydroxylation is 1. The van der Waals surface area contributed by atoms with E-state index >= 15 is 0 Å². The molecule has 1 atom stereocenters. The molecule has 3 rings (SSSR count). The minimum atomic E-state index is -0.810. The second kappa shape index (κ2) is 6.10. The highest BCUT2D eigenvalue weighted by Gasteiger charge is 2.30. The lowest BCUT2D eigenvalue weighted by molar-refractivity contribution is 0.0707. The number of hydrogen-bond acceptors (Lipinski definition) is 5. The summed E-state index contributed by atoms with van der Waals surface area (Å²) in [7, 11) is 1.99. The largest absolute Gasteiger partial charge is 0.338 e. The Morgan fingerprint density at radius 1 is 1.32 bits per heavy atom. The Hall–Kier alpha value is -1.86. The van der Waals surface area contributed by atoms with E-state index in [0.717, 1.165) is 19.2 Å². The fourth-order valence-electron chi connectivity index (χ4n) is 2.70. The molecule has 1 aliphatic rings. The molecule has 1 saturated heterocycles. The van der Waals surface area contributed by atoms with Gasteiger partial charge in [0.25, 0.3) is 0 Å². The number of aromatic nitrogens is 2. The summed E-state index contributed by atoms with van der Waals surface area (Å²) in [5, 5.41) is 3.82. The predicted molar refractivity (Wildman–Crippen MR) is 76.0 cm³/mol. The quantitative estimate of drug-likeness (QED) is 0.869. The first-order valence-electron chi connectivity index (χ1n) is 7.20. The van der Waals surface area contributed by atoms with E-state index in [1.807, 2.05) is 7.05 Å². The van der Waals surface area contributed by atoms with Crippen LogP contribution >= 0.6 is 0 Å². The van der Waals surface area contributed by atoms with E-state index in [-0.39, 0.29) is 6.04 Å². The van der Waals surface area contributed by atoms with Gasteiger partial charge in [-0.3, -0.25) is 9.80 Å². The summed E-state index contributed by atoms with van der Waals surface area (Å²) in [6.07, 6.45) is 0. The van der Waals surface area contributed by atoms with Gasteiger partial charge in [0.2, 0.25) is 5.89 Å². The SMILES string of the molecule is Cc1noc(C2CN(Cc3cccc(F)c3F)CCN2C)n1. The van der Waals surface area contributed by atoms with E-state index in [4.69, 9.17) is 4.52 Å². The van der Waals surface area contributed by atoms with Crippen LogP contribution in [0.15, 0.2) is 22.7 Å². The van der Waals surface area contributed by atoms with Crippen molar-refractivity contribution in [3.8, 4) is 0 Å². The number of piperazine rings is 1. The molecule has 118 valence electrons. The summed E-state index contributed by atoms with van der Waals surface area (Å²) < 4.78 is 32.4. The number of hydrogen-bond donors (Lipinski definition) is 0. The summed E-state index contributed by atoms with van der Waals surface area (Å²) in [4.78, 5) is 8.48. The molecule has 2 aromatic rings. The second-order valence-corrected chi connectivity index (χ2v) is 5.62. The molecular weight excluding hydrogens is 290 g/mol. The van der Waals surface area contributed by atoms with Gasteiger partial charge in [-0.25, -0.2) is 8.78 Å². The third-order valence-electron chi connectivity index (χ3n) is 3.99. The molecule has 1 aromatic carbocycles. The first kappa shape index (κ1) is 15.1. The van der Waals surface area contributed by atoms with Crippen LogP contribution in [0.3, 0.4) is 0 Å². The van der Waals surface area contributed by atoms with E-state index < -0.39 is 11.6 Å². The Balaban J connectivity index is 1.74. The molecule has 7 heteroatoms. The monoisotopic (exact) mass is 308 g/mol. The zero-order chi connectivity index (χ0) is 15.7. The van der Waals surface area contributed by atoms with Gasteiger partial charge in [-0.1, -0.05) is 17.3 Å². The molecule has 0 bridgehead atoms. The van der Waals surface area contributed by atoms with Crippen LogP contribution in [0.5, 0.6) is 0 Å². The van der Waals surface area contributed by atoms with Crippen molar-refractivity contribution >= 4 is 0 Å². The van der Waals surface area contributed by atoms with Crippen molar-refractivity contribution < 1.29 is 13.3 Å². The van der Waals surface area contributed by atoms with Crippen molar-refractivity contribution in [2.45, 2.75) is 19.5 Å². The number of halogens is 2. The van der Waals surface area contributed by atoms with E-state index in [1.165, 1.54) is 6.07 Å². The molecule has 0 radical (unpaired) electrons. The Morgan fingerprint density at radius 2 is 2.14 bits per heavy atom. The van der Waals surface area contributed by atoms with Crippen LogP contribution < -0.4 is 0 Å². The third-order valence-corrected chi connectivity index (χ3v) is 3.99. The lowest BCUT2D eigenvalue weighted by Gasteiger charge is -2.37. The minimum absolute atomic E-state index is 0.0356. The van der Waals surface area contributed by atoms with Crippen molar-refractivity contribution in [1.29, 1.82) is 0 Å². The van der Waals surface area contributed by atoms with Gasteiger partial charge in [0.1, 0.15) is 6.04 Å². The summed E-state index contributed by atoms with van der Waals surface area (Å²) in [6.45, 7) is 4.34. The average molecular weight is 308 g/mol. The lowest BCUT2D eigenvalue weighted by Crippen LogP contribution is -2.46. The molecule has 0 N–H and O–H groups in total. The highest BCUT2D eigenvalue weighted by Crippen LogP contribution is 2.24. The smallest absolute Gasteiger partial charge is 0.245 e. The average Bonchev–Trinajstić information content (AvgIpc) is 2.92. The Labute approximate surface area is 127 Å². The van der Waals surface area contributed by atoms with Crippen LogP contribution in [0.25, 0.3) is 0 Å². The van der Waals surface area contributed by atoms with Crippen molar-refractivity contribution in [3.63, 3.8) is 0 Å². The first-order valence-corrected chi connectivity index (χ1v) is 7.20. The summed E-state index contributed by atoms with van der Waals surface area (Å²) >= 11 is 0. The first-order chi connectivity index (χ1) is 10.5. The van der Waals surface area contributed by atoms with Gasteiger partial charge in [0.05, 0.1) is 0 Å². The lowest BCUT2D eigenvalue weighted by atomic mass is 10.1. The highest BCUT2D eigenvalue weighted by atomic mass is 19.2. The molecule has 0 aliphatic carbocycles. The van der Waals surface area contributed by atoms with Gasteiger partial charge in [-0.05, 0) is 20.0 Å². The maximum atomic E-state index is 13.8. The van der Waals surface area contributed by atoms with Crippen molar-refractivity contribution in [3.05, 3.63) is 47.1 Å². The second-order valence-electron chi connectivity index (χ2n) is 5.62. The molecule has 0 amide bonds. The van der Waals surface area contributed by atoms with Gasteiger partial charge < -0.3 is 4.52 Å². The minimum Gasteiger partial charge on any atom is -0.338 e. The fraction of sp³-hybridized carbons (Fsp3) is 0.467. The number of nitrogens with zero attached hydrogens (tertiary/aromatic N) is 4. The molecule has 1 aromatic heterocycles. The summed E-state index contributed by atoms with van der Waals surface area (Å²) in [6, 6.07) is 4.24. The summed E-state index contributed by atoms with van der Waals surface area (Å²) in [5.74, 6) is -0.427. The van der Waals surface area contributed by atoms with Crippen LogP contribution in [0.4, 0.5) is 8.78 Å². The Morgan fingerprint density at radius 3 is 2.86 bits per heavy atom. The van der Waals surface area contributed by atoms with Crippen LogP contribution in [0, 0.1) is 18.6 Å². The summed E-state index contributed by atoms with van der Waals surface area (Å²) in [5.41, 5.74) is 0.366. The Kier molecular flexibility index (Phi) is 4.17. The zero-order valence-corrected chi connectivity index (χ0v) is 12.6. The standard InChI is InChI=1S/C15H18F2N4O/c1-10-18-15(22-19-10)13-9-21(7-6-20(13)2)8-11-4-3-5-12(16)14(11)17/h3-5,13H,6-9H2,1-2H3. The molecule has 1 fully saturated rings. The molecule has 5 nitrogen and oxygen atoms in total. The van der Waals surface area contributed by atoms with Gasteiger partial charge in [-0.15, -0.1) is 0 Å². The third kappa shape index (κ3) is 3.00. The molecule has 2 heterocycles. The van der Waals surface area contributed by atoms with Crippen LogP contribution in [0.2, 0.25) is 0 Å². The topological polar surface area (TPSA) is 45.4 Å². The number of rotatable bonds is 3. The fourth-order valence-corrected chi connectivity index (χ4v) is 2.70. The zero-order valence-electron chi connectivity index (χ0n) is 12.6. The highest BCUT2D eigenvalue weighted by molar-refractivity contribution is 5.19. The van der Waals surface area contributed by atoms with Crippen molar-refractivity contribution in [2.75, 3.05) is 26.7 Å². The van der Waals surface area contributed by atoms with E-state index in [9.17, 15) is 8.78 Å². The molecular formula is C15H18F2N4O. The normalized spacial score (nSPS) is 20.5. The van der Waals surface area contributed by atoms with Crippen molar-refractivity contribution in [1.82, 2.24) is 19.9 Å². The number of benzene rings is 1. The molecule has 1 unspecified atom stereocenters. The molecule has 1 aliphatic heterocycles. The predicted octanol–water partition coefficient (Wildman–Crippen LogP) is 2.14. The molecule has 0 saturated carbocycles. The molecule has 0 spiro atoms. The van der Waals surface area contributed by atoms with Gasteiger partial charge >= 0.3 is 0 Å². The van der Waals surface area contributed by atoms with Crippen LogP contribution in [-0.2, 0) is 6.54 Å². The van der Waals surface area contributed by atoms with Crippen molar-refractivity contribution in [2.24, 2.45) is 0 Å². The van der Waals surface area contributed by atoms with Crippen LogP contribution in [-0.4, -0.2) is 46.6 Å².